The molecule has 1 aliphatic rings. The van der Waals surface area contributed by atoms with Crippen molar-refractivity contribution in [1.82, 2.24) is 9.88 Å². The van der Waals surface area contributed by atoms with Crippen LogP contribution in [0.1, 0.15) is 38.2 Å². The number of amides is 1. The Morgan fingerprint density at radius 2 is 2.22 bits per heavy atom. The predicted molar refractivity (Wildman–Crippen MR) is 90.9 cm³/mol. The van der Waals surface area contributed by atoms with E-state index in [1.165, 1.54) is 11.3 Å². The van der Waals surface area contributed by atoms with Crippen molar-refractivity contribution < 1.29 is 14.6 Å². The lowest BCUT2D eigenvalue weighted by Crippen LogP contribution is -2.37. The van der Waals surface area contributed by atoms with Crippen LogP contribution in [0, 0.1) is 0 Å². The average Bonchev–Trinajstić information content (AvgIpc) is 2.99. The van der Waals surface area contributed by atoms with Crippen LogP contribution in [0.2, 0.25) is 5.02 Å². The molecule has 1 fully saturated rings. The van der Waals surface area contributed by atoms with Crippen LogP contribution in [-0.2, 0) is 4.74 Å². The predicted octanol–water partition coefficient (Wildman–Crippen LogP) is 3.99. The van der Waals surface area contributed by atoms with E-state index >= 15 is 0 Å². The number of hydrogen-bond acceptors (Lipinski definition) is 5. The summed E-state index contributed by atoms with van der Waals surface area (Å²) >= 11 is 7.51. The van der Waals surface area contributed by atoms with Crippen molar-refractivity contribution in [2.24, 2.45) is 0 Å². The molecule has 1 N–H and O–H groups in total. The summed E-state index contributed by atoms with van der Waals surface area (Å²) in [6.45, 7) is 5.74. The van der Waals surface area contributed by atoms with Crippen LogP contribution < -0.4 is 0 Å². The molecule has 0 unspecified atom stereocenters. The molecule has 1 amide bonds. The number of hydrogen-bond donors (Lipinski definition) is 1. The van der Waals surface area contributed by atoms with Crippen molar-refractivity contribution >= 4 is 39.2 Å². The van der Waals surface area contributed by atoms with Crippen LogP contribution >= 0.6 is 22.9 Å². The Hall–Kier alpha value is -1.37. The first-order chi connectivity index (χ1) is 10.7. The minimum absolute atomic E-state index is 0.260. The number of aliphatic hydroxyl groups excluding tert-OH is 1. The summed E-state index contributed by atoms with van der Waals surface area (Å²) in [7, 11) is 0. The average molecular weight is 355 g/mol. The molecule has 0 aliphatic carbocycles. The van der Waals surface area contributed by atoms with Gasteiger partial charge in [-0.2, -0.15) is 0 Å². The molecule has 0 radical (unpaired) electrons. The van der Waals surface area contributed by atoms with Crippen molar-refractivity contribution in [2.45, 2.75) is 44.9 Å². The number of ether oxygens (including phenoxy) is 1. The molecule has 2 heterocycles. The number of carbonyl (C=O) groups is 1. The zero-order valence-electron chi connectivity index (χ0n) is 13.2. The summed E-state index contributed by atoms with van der Waals surface area (Å²) in [4.78, 5) is 18.6. The third-order valence-corrected chi connectivity index (χ3v) is 4.91. The topological polar surface area (TPSA) is 62.7 Å². The van der Waals surface area contributed by atoms with Gasteiger partial charge in [-0.1, -0.05) is 11.6 Å². The third-order valence-electron chi connectivity index (χ3n) is 3.56. The zero-order valence-corrected chi connectivity index (χ0v) is 14.8. The van der Waals surface area contributed by atoms with Gasteiger partial charge in [0.25, 0.3) is 0 Å². The fourth-order valence-electron chi connectivity index (χ4n) is 2.63. The van der Waals surface area contributed by atoms with Gasteiger partial charge in [0.05, 0.1) is 28.9 Å². The van der Waals surface area contributed by atoms with Crippen molar-refractivity contribution in [2.75, 3.05) is 6.54 Å². The van der Waals surface area contributed by atoms with Gasteiger partial charge < -0.3 is 9.84 Å². The van der Waals surface area contributed by atoms with Gasteiger partial charge in [0.15, 0.2) is 0 Å². The molecule has 1 aliphatic heterocycles. The van der Waals surface area contributed by atoms with Crippen LogP contribution in [0.25, 0.3) is 10.2 Å². The number of rotatable bonds is 1. The summed E-state index contributed by atoms with van der Waals surface area (Å²) in [6.07, 6.45) is -0.522. The maximum absolute atomic E-state index is 12.4. The van der Waals surface area contributed by atoms with Crippen LogP contribution in [-0.4, -0.2) is 39.3 Å². The molecule has 2 aromatic rings. The van der Waals surface area contributed by atoms with E-state index in [2.05, 4.69) is 4.98 Å². The van der Waals surface area contributed by atoms with E-state index in [1.807, 2.05) is 32.9 Å². The first-order valence-corrected chi connectivity index (χ1v) is 8.66. The quantitative estimate of drug-likeness (QED) is 0.841. The fourth-order valence-corrected chi connectivity index (χ4v) is 4.00. The first kappa shape index (κ1) is 16.5. The molecule has 124 valence electrons. The summed E-state index contributed by atoms with van der Waals surface area (Å²) in [5, 5.41) is 11.5. The van der Waals surface area contributed by atoms with Gasteiger partial charge in [0, 0.05) is 11.4 Å². The van der Waals surface area contributed by atoms with E-state index in [-0.39, 0.29) is 12.6 Å². The van der Waals surface area contributed by atoms with Gasteiger partial charge in [-0.05, 0) is 39.0 Å². The number of benzene rings is 1. The summed E-state index contributed by atoms with van der Waals surface area (Å²) in [5.41, 5.74) is 0.274. The normalized spacial score (nSPS) is 21.9. The molecule has 0 bridgehead atoms. The zero-order chi connectivity index (χ0) is 16.8. The Balaban J connectivity index is 1.90. The van der Waals surface area contributed by atoms with Crippen LogP contribution in [0.5, 0.6) is 0 Å². The Morgan fingerprint density at radius 3 is 2.91 bits per heavy atom. The van der Waals surface area contributed by atoms with E-state index in [4.69, 9.17) is 16.3 Å². The molecule has 7 heteroatoms. The third kappa shape index (κ3) is 3.59. The molecular weight excluding hydrogens is 336 g/mol. The van der Waals surface area contributed by atoms with Gasteiger partial charge in [0.1, 0.15) is 10.6 Å². The molecule has 5 nitrogen and oxygen atoms in total. The molecule has 1 aromatic heterocycles. The molecule has 1 saturated heterocycles. The standard InChI is InChI=1S/C16H19ClN2O3S/c1-16(2,3)22-15(21)19-8-10(20)7-12(19)14-18-11-5-4-9(17)6-13(11)23-14/h4-6,10,12,20H,7-8H2,1-3H3/t10-,12+/m1/s1. The number of aromatic nitrogens is 1. The van der Waals surface area contributed by atoms with Crippen molar-refractivity contribution in [1.29, 1.82) is 0 Å². The number of β-amino-alcohol motifs (C(OH)–C–C–N with tert-alkyl or cyclic N) is 1. The lowest BCUT2D eigenvalue weighted by atomic mass is 10.2. The van der Waals surface area contributed by atoms with Crippen LogP contribution in [0.4, 0.5) is 4.79 Å². The minimum Gasteiger partial charge on any atom is -0.444 e. The van der Waals surface area contributed by atoms with Gasteiger partial charge in [-0.15, -0.1) is 11.3 Å². The molecule has 2 atom stereocenters. The summed E-state index contributed by atoms with van der Waals surface area (Å²) in [5.74, 6) is 0. The molecule has 0 spiro atoms. The second-order valence-electron chi connectivity index (χ2n) is 6.70. The Morgan fingerprint density at radius 1 is 1.48 bits per heavy atom. The highest BCUT2D eigenvalue weighted by atomic mass is 35.5. The molecule has 3 rings (SSSR count). The number of nitrogens with zero attached hydrogens (tertiary/aromatic N) is 2. The van der Waals surface area contributed by atoms with Gasteiger partial charge >= 0.3 is 6.09 Å². The highest BCUT2D eigenvalue weighted by molar-refractivity contribution is 7.18. The largest absolute Gasteiger partial charge is 0.444 e. The second-order valence-corrected chi connectivity index (χ2v) is 8.20. The number of aliphatic hydroxyl groups is 1. The smallest absolute Gasteiger partial charge is 0.410 e. The molecule has 0 saturated carbocycles. The summed E-state index contributed by atoms with van der Waals surface area (Å²) < 4.78 is 6.42. The van der Waals surface area contributed by atoms with Crippen molar-refractivity contribution in [3.05, 3.63) is 28.2 Å². The number of thiazole rings is 1. The number of likely N-dealkylation sites (tertiary alicyclic amines) is 1. The summed E-state index contributed by atoms with van der Waals surface area (Å²) in [6, 6.07) is 5.25. The minimum atomic E-state index is -0.573. The SMILES string of the molecule is CC(C)(C)OC(=O)N1C[C@H](O)C[C@H]1c1nc2ccc(Cl)cc2s1. The van der Waals surface area contributed by atoms with E-state index in [0.29, 0.717) is 11.4 Å². The van der Waals surface area contributed by atoms with Crippen molar-refractivity contribution in [3.63, 3.8) is 0 Å². The number of carbonyl (C=O) groups excluding carboxylic acids is 1. The maximum atomic E-state index is 12.4. The highest BCUT2D eigenvalue weighted by Crippen LogP contribution is 2.38. The van der Waals surface area contributed by atoms with Crippen molar-refractivity contribution in [3.8, 4) is 0 Å². The van der Waals surface area contributed by atoms with Crippen LogP contribution in [0.3, 0.4) is 0 Å². The lowest BCUT2D eigenvalue weighted by Gasteiger charge is -2.27. The first-order valence-electron chi connectivity index (χ1n) is 7.46. The van der Waals surface area contributed by atoms with E-state index in [0.717, 1.165) is 15.2 Å². The number of halogens is 1. The molecule has 23 heavy (non-hydrogen) atoms. The van der Waals surface area contributed by atoms with Gasteiger partial charge in [0.2, 0.25) is 0 Å². The fraction of sp³-hybridized carbons (Fsp3) is 0.500. The van der Waals surface area contributed by atoms with Gasteiger partial charge in [-0.25, -0.2) is 9.78 Å². The van der Waals surface area contributed by atoms with Crippen LogP contribution in [0.15, 0.2) is 18.2 Å². The highest BCUT2D eigenvalue weighted by Gasteiger charge is 2.39. The molecule has 1 aromatic carbocycles. The van der Waals surface area contributed by atoms with E-state index in [9.17, 15) is 9.90 Å². The number of fused-ring (bicyclic) bond motifs is 1. The van der Waals surface area contributed by atoms with E-state index < -0.39 is 17.8 Å². The molecular formula is C16H19ClN2O3S. The lowest BCUT2D eigenvalue weighted by molar-refractivity contribution is 0.0206. The van der Waals surface area contributed by atoms with E-state index in [1.54, 1.807) is 11.0 Å². The Labute approximate surface area is 143 Å². The monoisotopic (exact) mass is 354 g/mol. The Bertz CT molecular complexity index is 740. The van der Waals surface area contributed by atoms with Gasteiger partial charge in [-0.3, -0.25) is 4.90 Å². The second kappa shape index (κ2) is 5.92. The maximum Gasteiger partial charge on any atom is 0.410 e. The Kier molecular flexibility index (Phi) is 4.25.